The molecular formula is C13H24N2O2. The van der Waals surface area contributed by atoms with Gasteiger partial charge in [-0.05, 0) is 26.2 Å². The fourth-order valence-corrected chi connectivity index (χ4v) is 1.73. The van der Waals surface area contributed by atoms with Crippen molar-refractivity contribution in [3.8, 4) is 0 Å². The topological polar surface area (TPSA) is 41.6 Å². The van der Waals surface area contributed by atoms with Crippen LogP contribution in [0.1, 0.15) is 26.2 Å². The Morgan fingerprint density at radius 3 is 2.88 bits per heavy atom. The predicted octanol–water partition coefficient (Wildman–Crippen LogP) is 1.18. The summed E-state index contributed by atoms with van der Waals surface area (Å²) in [6.07, 6.45) is 5.06. The first kappa shape index (κ1) is 14.2. The minimum absolute atomic E-state index is 0.209. The van der Waals surface area contributed by atoms with Crippen LogP contribution in [-0.2, 0) is 9.53 Å². The molecule has 0 saturated heterocycles. The maximum atomic E-state index is 11.8. The largest absolute Gasteiger partial charge is 0.380 e. The smallest absolute Gasteiger partial charge is 0.236 e. The Morgan fingerprint density at radius 1 is 1.53 bits per heavy atom. The van der Waals surface area contributed by atoms with Gasteiger partial charge in [-0.15, -0.1) is 6.58 Å². The fraction of sp³-hybridized carbons (Fsp3) is 0.769. The highest BCUT2D eigenvalue weighted by Gasteiger charge is 2.30. The van der Waals surface area contributed by atoms with E-state index < -0.39 is 0 Å². The fourth-order valence-electron chi connectivity index (χ4n) is 1.73. The molecule has 1 saturated carbocycles. The van der Waals surface area contributed by atoms with E-state index in [1.165, 1.54) is 12.8 Å². The van der Waals surface area contributed by atoms with E-state index in [4.69, 9.17) is 4.74 Å². The number of nitrogens with one attached hydrogen (secondary N) is 1. The van der Waals surface area contributed by atoms with Crippen molar-refractivity contribution in [2.45, 2.75) is 32.2 Å². The molecule has 0 aliphatic heterocycles. The maximum absolute atomic E-state index is 11.8. The Hall–Kier alpha value is -0.870. The van der Waals surface area contributed by atoms with E-state index in [0.29, 0.717) is 25.8 Å². The van der Waals surface area contributed by atoms with Gasteiger partial charge in [-0.2, -0.15) is 0 Å². The van der Waals surface area contributed by atoms with Crippen LogP contribution >= 0.6 is 0 Å². The van der Waals surface area contributed by atoms with Crippen LogP contribution in [0.25, 0.3) is 0 Å². The second kappa shape index (κ2) is 8.25. The van der Waals surface area contributed by atoms with E-state index >= 15 is 0 Å². The summed E-state index contributed by atoms with van der Waals surface area (Å²) >= 11 is 0. The molecule has 4 nitrogen and oxygen atoms in total. The van der Waals surface area contributed by atoms with Gasteiger partial charge in [0.1, 0.15) is 0 Å². The van der Waals surface area contributed by atoms with Gasteiger partial charge < -0.3 is 15.0 Å². The molecule has 1 rings (SSSR count). The third-order valence-electron chi connectivity index (χ3n) is 2.81. The normalized spacial score (nSPS) is 14.6. The van der Waals surface area contributed by atoms with Gasteiger partial charge in [0, 0.05) is 19.1 Å². The summed E-state index contributed by atoms with van der Waals surface area (Å²) in [7, 11) is 0. The van der Waals surface area contributed by atoms with E-state index in [-0.39, 0.29) is 5.91 Å². The highest BCUT2D eigenvalue weighted by Crippen LogP contribution is 2.26. The summed E-state index contributed by atoms with van der Waals surface area (Å²) in [6, 6.07) is 0.512. The number of carbonyl (C=O) groups is 1. The molecule has 4 heteroatoms. The number of amides is 1. The first-order chi connectivity index (χ1) is 8.29. The van der Waals surface area contributed by atoms with Gasteiger partial charge in [0.15, 0.2) is 0 Å². The first-order valence-electron chi connectivity index (χ1n) is 6.48. The van der Waals surface area contributed by atoms with Crippen molar-refractivity contribution < 1.29 is 9.53 Å². The van der Waals surface area contributed by atoms with Crippen molar-refractivity contribution in [1.82, 2.24) is 10.2 Å². The summed E-state index contributed by atoms with van der Waals surface area (Å²) in [5.74, 6) is 0.209. The second-order valence-corrected chi connectivity index (χ2v) is 4.28. The molecule has 0 aromatic carbocycles. The molecule has 0 spiro atoms. The van der Waals surface area contributed by atoms with Gasteiger partial charge >= 0.3 is 0 Å². The number of ether oxygens (including phenoxy) is 1. The average molecular weight is 240 g/mol. The minimum atomic E-state index is 0.209. The molecule has 1 fully saturated rings. The molecule has 1 amide bonds. The van der Waals surface area contributed by atoms with E-state index in [2.05, 4.69) is 11.9 Å². The zero-order valence-corrected chi connectivity index (χ0v) is 10.8. The molecule has 0 aromatic heterocycles. The molecule has 0 radical (unpaired) electrons. The van der Waals surface area contributed by atoms with E-state index in [1.54, 1.807) is 0 Å². The molecule has 0 heterocycles. The average Bonchev–Trinajstić information content (AvgIpc) is 3.13. The summed E-state index contributed by atoms with van der Waals surface area (Å²) in [5.41, 5.74) is 0. The molecule has 1 N–H and O–H groups in total. The number of nitrogens with zero attached hydrogens (tertiary/aromatic N) is 1. The molecule has 1 aliphatic rings. The molecule has 98 valence electrons. The van der Waals surface area contributed by atoms with Crippen LogP contribution in [0.15, 0.2) is 12.7 Å². The highest BCUT2D eigenvalue weighted by atomic mass is 16.5. The Kier molecular flexibility index (Phi) is 6.89. The lowest BCUT2D eigenvalue weighted by atomic mass is 10.4. The Morgan fingerprint density at radius 2 is 2.29 bits per heavy atom. The van der Waals surface area contributed by atoms with Crippen molar-refractivity contribution in [1.29, 1.82) is 0 Å². The van der Waals surface area contributed by atoms with Gasteiger partial charge in [-0.3, -0.25) is 4.79 Å². The highest BCUT2D eigenvalue weighted by molar-refractivity contribution is 5.78. The van der Waals surface area contributed by atoms with Crippen molar-refractivity contribution in [2.24, 2.45) is 0 Å². The van der Waals surface area contributed by atoms with Gasteiger partial charge in [-0.25, -0.2) is 0 Å². The summed E-state index contributed by atoms with van der Waals surface area (Å²) in [5, 5.41) is 3.12. The van der Waals surface area contributed by atoms with Gasteiger partial charge in [0.2, 0.25) is 5.91 Å². The Labute approximate surface area is 104 Å². The van der Waals surface area contributed by atoms with Crippen molar-refractivity contribution in [3.05, 3.63) is 12.7 Å². The van der Waals surface area contributed by atoms with Crippen LogP contribution in [0.5, 0.6) is 0 Å². The second-order valence-electron chi connectivity index (χ2n) is 4.28. The lowest BCUT2D eigenvalue weighted by molar-refractivity contribution is -0.130. The van der Waals surface area contributed by atoms with Gasteiger partial charge in [0.25, 0.3) is 0 Å². The zero-order chi connectivity index (χ0) is 12.5. The van der Waals surface area contributed by atoms with Gasteiger partial charge in [0.05, 0.1) is 19.8 Å². The SMILES string of the molecule is C=CCCOCCNCC(=O)N(CC)C1CC1. The minimum Gasteiger partial charge on any atom is -0.380 e. The van der Waals surface area contributed by atoms with Crippen LogP contribution in [0.4, 0.5) is 0 Å². The van der Waals surface area contributed by atoms with E-state index in [1.807, 2.05) is 17.9 Å². The van der Waals surface area contributed by atoms with Crippen LogP contribution in [0.3, 0.4) is 0 Å². The number of hydrogen-bond donors (Lipinski definition) is 1. The molecular weight excluding hydrogens is 216 g/mol. The van der Waals surface area contributed by atoms with E-state index in [0.717, 1.165) is 19.5 Å². The van der Waals surface area contributed by atoms with Crippen molar-refractivity contribution >= 4 is 5.91 Å². The number of hydrogen-bond acceptors (Lipinski definition) is 3. The van der Waals surface area contributed by atoms with Crippen LogP contribution < -0.4 is 5.32 Å². The molecule has 0 bridgehead atoms. The molecule has 0 atom stereocenters. The molecule has 0 aromatic rings. The van der Waals surface area contributed by atoms with Crippen molar-refractivity contribution in [3.63, 3.8) is 0 Å². The Bertz CT molecular complexity index is 240. The quantitative estimate of drug-likeness (QED) is 0.460. The lowest BCUT2D eigenvalue weighted by Gasteiger charge is -2.20. The first-order valence-corrected chi connectivity index (χ1v) is 6.48. The summed E-state index contributed by atoms with van der Waals surface area (Å²) in [6.45, 7) is 8.99. The van der Waals surface area contributed by atoms with Crippen LogP contribution in [-0.4, -0.2) is 49.7 Å². The standard InChI is InChI=1S/C13H24N2O2/c1-3-5-9-17-10-8-14-11-13(16)15(4-2)12-6-7-12/h3,12,14H,1,4-11H2,2H3. The molecule has 1 aliphatic carbocycles. The van der Waals surface area contributed by atoms with Crippen LogP contribution in [0, 0.1) is 0 Å². The Balaban J connectivity index is 1.97. The molecule has 17 heavy (non-hydrogen) atoms. The predicted molar refractivity (Wildman–Crippen MR) is 68.9 cm³/mol. The van der Waals surface area contributed by atoms with E-state index in [9.17, 15) is 4.79 Å². The number of rotatable bonds is 10. The third kappa shape index (κ3) is 5.84. The monoisotopic (exact) mass is 240 g/mol. The van der Waals surface area contributed by atoms with Crippen LogP contribution in [0.2, 0.25) is 0 Å². The zero-order valence-electron chi connectivity index (χ0n) is 10.8. The molecule has 0 unspecified atom stereocenters. The summed E-state index contributed by atoms with van der Waals surface area (Å²) in [4.78, 5) is 13.8. The van der Waals surface area contributed by atoms with Gasteiger partial charge in [-0.1, -0.05) is 6.08 Å². The maximum Gasteiger partial charge on any atom is 0.236 e. The number of carbonyl (C=O) groups excluding carboxylic acids is 1. The third-order valence-corrected chi connectivity index (χ3v) is 2.81. The number of likely N-dealkylation sites (N-methyl/N-ethyl adjacent to an activating group) is 1. The summed E-state index contributed by atoms with van der Waals surface area (Å²) < 4.78 is 5.34. The van der Waals surface area contributed by atoms with Crippen molar-refractivity contribution in [2.75, 3.05) is 32.8 Å². The lowest BCUT2D eigenvalue weighted by Crippen LogP contribution is -2.40.